The summed E-state index contributed by atoms with van der Waals surface area (Å²) in [5, 5.41) is 6.13. The number of amides is 1. The molecule has 0 spiro atoms. The van der Waals surface area contributed by atoms with Crippen molar-refractivity contribution in [3.8, 4) is 0 Å². The first-order valence-electron chi connectivity index (χ1n) is 5.36. The molecule has 2 atom stereocenters. The van der Waals surface area contributed by atoms with Crippen molar-refractivity contribution < 1.29 is 9.53 Å². The van der Waals surface area contributed by atoms with Crippen LogP contribution in [0.1, 0.15) is 10.4 Å². The summed E-state index contributed by atoms with van der Waals surface area (Å²) < 4.78 is 5.98. The summed E-state index contributed by atoms with van der Waals surface area (Å²) in [5.74, 6) is -0.116. The summed E-state index contributed by atoms with van der Waals surface area (Å²) in [5.41, 5.74) is 0.585. The molecule has 0 aromatic carbocycles. The van der Waals surface area contributed by atoms with Crippen molar-refractivity contribution in [2.75, 3.05) is 20.2 Å². The van der Waals surface area contributed by atoms with Crippen molar-refractivity contribution in [2.45, 2.75) is 12.1 Å². The van der Waals surface area contributed by atoms with E-state index in [1.807, 2.05) is 0 Å². The minimum absolute atomic E-state index is 0. The van der Waals surface area contributed by atoms with E-state index in [1.165, 1.54) is 0 Å². The summed E-state index contributed by atoms with van der Waals surface area (Å²) in [6, 6.07) is 1.69. The number of nitrogens with one attached hydrogen (secondary N) is 2. The summed E-state index contributed by atoms with van der Waals surface area (Å²) in [7, 11) is 1.65. The topological polar surface area (TPSA) is 63.2 Å². The van der Waals surface area contributed by atoms with Gasteiger partial charge in [-0.2, -0.15) is 0 Å². The molecule has 1 saturated heterocycles. The Morgan fingerprint density at radius 2 is 2.39 bits per heavy atom. The zero-order chi connectivity index (χ0) is 12.3. The molecule has 18 heavy (non-hydrogen) atoms. The monoisotopic (exact) mass is 335 g/mol. The van der Waals surface area contributed by atoms with E-state index < -0.39 is 0 Å². The lowest BCUT2D eigenvalue weighted by molar-refractivity contribution is 0.0779. The maximum Gasteiger partial charge on any atom is 0.252 e. The fourth-order valence-corrected chi connectivity index (χ4v) is 2.28. The molecule has 2 N–H and O–H groups in total. The highest BCUT2D eigenvalue weighted by Gasteiger charge is 2.28. The number of carbonyl (C=O) groups is 1. The van der Waals surface area contributed by atoms with Crippen LogP contribution >= 0.6 is 28.3 Å². The third-order valence-corrected chi connectivity index (χ3v) is 3.43. The highest BCUT2D eigenvalue weighted by atomic mass is 79.9. The van der Waals surface area contributed by atoms with Gasteiger partial charge in [0.1, 0.15) is 0 Å². The van der Waals surface area contributed by atoms with Gasteiger partial charge < -0.3 is 15.4 Å². The van der Waals surface area contributed by atoms with Crippen molar-refractivity contribution in [3.05, 3.63) is 28.5 Å². The average molecular weight is 337 g/mol. The predicted octanol–water partition coefficient (Wildman–Crippen LogP) is 0.983. The van der Waals surface area contributed by atoms with Gasteiger partial charge in [-0.15, -0.1) is 12.4 Å². The SMILES string of the molecule is CO[C@H]1CNCC1NC(=O)c1ccncc1Br.Cl. The van der Waals surface area contributed by atoms with E-state index in [2.05, 4.69) is 31.5 Å². The molecule has 7 heteroatoms. The van der Waals surface area contributed by atoms with Gasteiger partial charge in [-0.1, -0.05) is 0 Å². The Morgan fingerprint density at radius 1 is 1.61 bits per heavy atom. The van der Waals surface area contributed by atoms with Gasteiger partial charge in [-0.3, -0.25) is 9.78 Å². The van der Waals surface area contributed by atoms with Gasteiger partial charge in [-0.05, 0) is 22.0 Å². The number of carbonyl (C=O) groups excluding carboxylic acids is 1. The van der Waals surface area contributed by atoms with Crippen LogP contribution in [0.3, 0.4) is 0 Å². The lowest BCUT2D eigenvalue weighted by Crippen LogP contribution is -2.43. The average Bonchev–Trinajstić information content (AvgIpc) is 2.76. The molecule has 1 fully saturated rings. The molecule has 1 aliphatic rings. The zero-order valence-corrected chi connectivity index (χ0v) is 12.3. The van der Waals surface area contributed by atoms with Gasteiger partial charge in [0, 0.05) is 37.1 Å². The summed E-state index contributed by atoms with van der Waals surface area (Å²) >= 11 is 3.31. The summed E-state index contributed by atoms with van der Waals surface area (Å²) in [6.45, 7) is 1.49. The minimum Gasteiger partial charge on any atom is -0.378 e. The van der Waals surface area contributed by atoms with E-state index in [4.69, 9.17) is 4.74 Å². The Labute approximate surface area is 120 Å². The smallest absolute Gasteiger partial charge is 0.252 e. The second kappa shape index (κ2) is 7.04. The molecule has 1 aliphatic heterocycles. The number of hydrogen-bond donors (Lipinski definition) is 2. The summed E-state index contributed by atoms with van der Waals surface area (Å²) in [4.78, 5) is 16.0. The first kappa shape index (κ1) is 15.4. The molecule has 2 heterocycles. The molecule has 1 aromatic rings. The first-order valence-corrected chi connectivity index (χ1v) is 6.15. The highest BCUT2D eigenvalue weighted by molar-refractivity contribution is 9.10. The van der Waals surface area contributed by atoms with Gasteiger partial charge in [0.15, 0.2) is 0 Å². The quantitative estimate of drug-likeness (QED) is 0.864. The molecular formula is C11H15BrClN3O2. The number of methoxy groups -OCH3 is 1. The predicted molar refractivity (Wildman–Crippen MR) is 74.1 cm³/mol. The number of rotatable bonds is 3. The van der Waals surface area contributed by atoms with Crippen molar-refractivity contribution in [2.24, 2.45) is 0 Å². The maximum absolute atomic E-state index is 12.0. The first-order chi connectivity index (χ1) is 8.22. The van der Waals surface area contributed by atoms with Crippen LogP contribution in [0.2, 0.25) is 0 Å². The molecule has 5 nitrogen and oxygen atoms in total. The molecule has 1 unspecified atom stereocenters. The van der Waals surface area contributed by atoms with Crippen molar-refractivity contribution in [3.63, 3.8) is 0 Å². The molecule has 2 rings (SSSR count). The van der Waals surface area contributed by atoms with Gasteiger partial charge in [0.2, 0.25) is 0 Å². The van der Waals surface area contributed by atoms with Crippen LogP contribution in [0.25, 0.3) is 0 Å². The molecule has 1 aromatic heterocycles. The molecule has 0 bridgehead atoms. The van der Waals surface area contributed by atoms with Crippen LogP contribution in [0, 0.1) is 0 Å². The molecule has 0 radical (unpaired) electrons. The van der Waals surface area contributed by atoms with Crippen molar-refractivity contribution in [1.82, 2.24) is 15.6 Å². The maximum atomic E-state index is 12.0. The number of aromatic nitrogens is 1. The van der Waals surface area contributed by atoms with Crippen LogP contribution in [0.5, 0.6) is 0 Å². The van der Waals surface area contributed by atoms with E-state index in [0.717, 1.165) is 13.1 Å². The fraction of sp³-hybridized carbons (Fsp3) is 0.455. The molecule has 100 valence electrons. The van der Waals surface area contributed by atoms with Crippen LogP contribution < -0.4 is 10.6 Å². The van der Waals surface area contributed by atoms with Crippen LogP contribution in [0.15, 0.2) is 22.9 Å². The molecule has 0 saturated carbocycles. The summed E-state index contributed by atoms with van der Waals surface area (Å²) in [6.07, 6.45) is 3.23. The van der Waals surface area contributed by atoms with E-state index in [9.17, 15) is 4.79 Å². The van der Waals surface area contributed by atoms with Gasteiger partial charge in [-0.25, -0.2) is 0 Å². The number of pyridine rings is 1. The Balaban J connectivity index is 0.00000162. The van der Waals surface area contributed by atoms with Gasteiger partial charge in [0.25, 0.3) is 5.91 Å². The number of nitrogens with zero attached hydrogens (tertiary/aromatic N) is 1. The Bertz CT molecular complexity index is 419. The fourth-order valence-electron chi connectivity index (χ4n) is 1.85. The van der Waals surface area contributed by atoms with Gasteiger partial charge in [0.05, 0.1) is 17.7 Å². The largest absolute Gasteiger partial charge is 0.378 e. The van der Waals surface area contributed by atoms with Crippen LogP contribution in [-0.2, 0) is 4.74 Å². The Kier molecular flexibility index (Phi) is 6.01. The lowest BCUT2D eigenvalue weighted by atomic mass is 10.2. The zero-order valence-electron chi connectivity index (χ0n) is 9.85. The van der Waals surface area contributed by atoms with Gasteiger partial charge >= 0.3 is 0 Å². The number of ether oxygens (including phenoxy) is 1. The Morgan fingerprint density at radius 3 is 3.06 bits per heavy atom. The van der Waals surface area contributed by atoms with Crippen LogP contribution in [0.4, 0.5) is 0 Å². The minimum atomic E-state index is -0.116. The third kappa shape index (κ3) is 3.41. The van der Waals surface area contributed by atoms with E-state index >= 15 is 0 Å². The van der Waals surface area contributed by atoms with E-state index in [1.54, 1.807) is 25.6 Å². The number of hydrogen-bond acceptors (Lipinski definition) is 4. The molecule has 0 aliphatic carbocycles. The standard InChI is InChI=1S/C11H14BrN3O2.ClH/c1-17-10-6-14-5-9(10)15-11(16)7-2-3-13-4-8(7)12;/h2-4,9-10,14H,5-6H2,1H3,(H,15,16);1H/t9?,10-;/m0./s1. The highest BCUT2D eigenvalue weighted by Crippen LogP contribution is 2.15. The van der Waals surface area contributed by atoms with Crippen molar-refractivity contribution >= 4 is 34.2 Å². The second-order valence-corrected chi connectivity index (χ2v) is 4.72. The van der Waals surface area contributed by atoms with Crippen molar-refractivity contribution in [1.29, 1.82) is 0 Å². The second-order valence-electron chi connectivity index (χ2n) is 3.87. The lowest BCUT2D eigenvalue weighted by Gasteiger charge is -2.18. The van der Waals surface area contributed by atoms with Crippen LogP contribution in [-0.4, -0.2) is 43.2 Å². The molecule has 1 amide bonds. The van der Waals surface area contributed by atoms with E-state index in [-0.39, 0.29) is 30.5 Å². The normalized spacial score (nSPS) is 22.3. The van der Waals surface area contributed by atoms with E-state index in [0.29, 0.717) is 10.0 Å². The number of halogens is 2. The molecular weight excluding hydrogens is 321 g/mol. The third-order valence-electron chi connectivity index (χ3n) is 2.79. The Hall–Kier alpha value is -0.690.